The first-order valence-electron chi connectivity index (χ1n) is 13.0. The van der Waals surface area contributed by atoms with Crippen LogP contribution in [0.3, 0.4) is 0 Å². The fraction of sp³-hybridized carbons (Fsp3) is 0.500. The topological polar surface area (TPSA) is 107 Å². The smallest absolute Gasteiger partial charge is 0.326 e. The van der Waals surface area contributed by atoms with Crippen molar-refractivity contribution >= 4 is 30.6 Å². The zero-order chi connectivity index (χ0) is 27.3. The number of nitrogens with zero attached hydrogens (tertiary/aromatic N) is 1. The van der Waals surface area contributed by atoms with Crippen molar-refractivity contribution in [2.45, 2.75) is 56.8 Å². The average molecular weight is 543 g/mol. The van der Waals surface area contributed by atoms with E-state index in [-0.39, 0.29) is 37.1 Å². The van der Waals surface area contributed by atoms with Gasteiger partial charge in [-0.15, -0.1) is 0 Å². The highest BCUT2D eigenvalue weighted by Gasteiger charge is 2.58. The van der Waals surface area contributed by atoms with Crippen molar-refractivity contribution in [1.82, 2.24) is 10.2 Å². The number of hydrogen-bond acceptors (Lipinski definition) is 7. The van der Waals surface area contributed by atoms with Gasteiger partial charge in [0.15, 0.2) is 6.23 Å². The van der Waals surface area contributed by atoms with E-state index in [0.717, 1.165) is 10.4 Å². The first-order valence-corrected chi connectivity index (χ1v) is 14.9. The minimum absolute atomic E-state index is 0.153. The van der Waals surface area contributed by atoms with E-state index in [1.807, 2.05) is 36.4 Å². The molecule has 0 aliphatic carbocycles. The fourth-order valence-electron chi connectivity index (χ4n) is 5.41. The Kier molecular flexibility index (Phi) is 9.02. The Labute approximate surface area is 225 Å². The molecule has 2 aromatic carbocycles. The van der Waals surface area contributed by atoms with Crippen LogP contribution >= 0.6 is 0 Å². The molecule has 38 heavy (non-hydrogen) atoms. The molecule has 2 fully saturated rings. The van der Waals surface area contributed by atoms with E-state index < -0.39 is 38.9 Å². The van der Waals surface area contributed by atoms with Crippen LogP contribution in [0, 0.1) is 0 Å². The molecule has 2 aliphatic heterocycles. The highest BCUT2D eigenvalue weighted by atomic mass is 28.4. The van der Waals surface area contributed by atoms with E-state index in [1.54, 1.807) is 7.11 Å². The second-order valence-corrected chi connectivity index (χ2v) is 14.9. The number of nitrogens with one attached hydrogen (secondary N) is 1. The predicted molar refractivity (Wildman–Crippen MR) is 145 cm³/mol. The number of imide groups is 1. The zero-order valence-corrected chi connectivity index (χ0v) is 23.5. The van der Waals surface area contributed by atoms with Crippen molar-refractivity contribution < 1.29 is 33.3 Å². The lowest BCUT2D eigenvalue weighted by Crippen LogP contribution is -2.69. The second-order valence-electron chi connectivity index (χ2n) is 10.6. The fourth-order valence-corrected chi connectivity index (χ4v) is 10.1. The number of aliphatic hydroxyl groups is 1. The number of urea groups is 1. The van der Waals surface area contributed by atoms with Crippen LogP contribution in [-0.4, -0.2) is 88.3 Å². The van der Waals surface area contributed by atoms with Crippen LogP contribution in [0.1, 0.15) is 27.2 Å². The molecule has 0 aromatic heterocycles. The molecule has 3 amide bonds. The molecule has 4 atom stereocenters. The van der Waals surface area contributed by atoms with Gasteiger partial charge in [-0.05, 0) is 15.4 Å². The molecular weight excluding hydrogens is 504 g/mol. The number of benzene rings is 2. The van der Waals surface area contributed by atoms with Crippen LogP contribution in [0.25, 0.3) is 0 Å². The van der Waals surface area contributed by atoms with Gasteiger partial charge in [0.1, 0.15) is 18.3 Å². The molecule has 0 spiro atoms. The van der Waals surface area contributed by atoms with Gasteiger partial charge < -0.3 is 23.7 Å². The Balaban J connectivity index is 1.81. The van der Waals surface area contributed by atoms with Crippen LogP contribution in [-0.2, 0) is 23.4 Å². The van der Waals surface area contributed by atoms with Gasteiger partial charge >= 0.3 is 6.03 Å². The summed E-state index contributed by atoms with van der Waals surface area (Å²) in [7, 11) is -1.46. The number of rotatable bonds is 10. The lowest BCUT2D eigenvalue weighted by molar-refractivity contribution is -0.128. The molecule has 10 heteroatoms. The maximum atomic E-state index is 12.8. The minimum Gasteiger partial charge on any atom is -0.399 e. The van der Waals surface area contributed by atoms with Gasteiger partial charge in [-0.1, -0.05) is 81.4 Å². The minimum atomic E-state index is -3.04. The molecule has 4 rings (SSSR count). The number of hydrogen-bond donors (Lipinski definition) is 2. The second kappa shape index (κ2) is 12.1. The maximum absolute atomic E-state index is 12.8. The van der Waals surface area contributed by atoms with Crippen molar-refractivity contribution in [2.24, 2.45) is 0 Å². The maximum Gasteiger partial charge on any atom is 0.326 e. The number of ether oxygens (including phenoxy) is 3. The molecule has 206 valence electrons. The number of carbonyl (C=O) groups excluding carboxylic acids is 2. The van der Waals surface area contributed by atoms with E-state index >= 15 is 0 Å². The van der Waals surface area contributed by atoms with Crippen LogP contribution < -0.4 is 15.7 Å². The van der Waals surface area contributed by atoms with Crippen molar-refractivity contribution in [3.05, 3.63) is 60.7 Å². The standard InChI is InChI=1S/C28H38N2O7Si/c1-28(2,3)38(20-11-7-5-8-12-20,21-13-9-6-10-14-21)37-24-22(19-31)36-26(25(24)35-18-17-34-4)30-16-15-23(32)29-27(30)33/h5-14,22,24-26,31H,15-19H2,1-4H3,(H,29,32,33)/t22?,24-,25-,26-/m1/s1. The molecule has 2 aliphatic rings. The van der Waals surface area contributed by atoms with Gasteiger partial charge in [0.25, 0.3) is 8.32 Å². The highest BCUT2D eigenvalue weighted by Crippen LogP contribution is 2.41. The average Bonchev–Trinajstić information content (AvgIpc) is 3.24. The molecule has 9 nitrogen and oxygen atoms in total. The summed E-state index contributed by atoms with van der Waals surface area (Å²) in [6.07, 6.45) is -2.86. The van der Waals surface area contributed by atoms with Crippen LogP contribution in [0.5, 0.6) is 0 Å². The normalized spacial score (nSPS) is 24.5. The van der Waals surface area contributed by atoms with E-state index in [2.05, 4.69) is 50.4 Å². The summed E-state index contributed by atoms with van der Waals surface area (Å²) < 4.78 is 25.1. The van der Waals surface area contributed by atoms with Gasteiger partial charge in [-0.2, -0.15) is 0 Å². The molecular formula is C28H38N2O7Si. The summed E-state index contributed by atoms with van der Waals surface area (Å²) in [6, 6.07) is 19.8. The lowest BCUT2D eigenvalue weighted by atomic mass is 10.1. The molecule has 0 radical (unpaired) electrons. The first kappa shape index (κ1) is 28.4. The molecule has 2 saturated heterocycles. The lowest BCUT2D eigenvalue weighted by Gasteiger charge is -2.46. The third-order valence-corrected chi connectivity index (χ3v) is 12.2. The monoisotopic (exact) mass is 542 g/mol. The summed E-state index contributed by atoms with van der Waals surface area (Å²) in [5, 5.41) is 14.6. The van der Waals surface area contributed by atoms with Gasteiger partial charge in [0.2, 0.25) is 5.91 Å². The van der Waals surface area contributed by atoms with E-state index in [1.165, 1.54) is 4.90 Å². The molecule has 0 saturated carbocycles. The van der Waals surface area contributed by atoms with Gasteiger partial charge in [-0.25, -0.2) is 4.79 Å². The molecule has 2 N–H and O–H groups in total. The van der Waals surface area contributed by atoms with Gasteiger partial charge in [0, 0.05) is 20.1 Å². The Morgan fingerprint density at radius 2 is 1.61 bits per heavy atom. The van der Waals surface area contributed by atoms with E-state index in [9.17, 15) is 14.7 Å². The largest absolute Gasteiger partial charge is 0.399 e. The zero-order valence-electron chi connectivity index (χ0n) is 22.5. The SMILES string of the molecule is COCCO[C@@H]1[C@H](O[Si](c2ccccc2)(c2ccccc2)C(C)(C)C)C(CO)O[C@H]1N1CCC(=O)NC1=O. The van der Waals surface area contributed by atoms with Crippen LogP contribution in [0.4, 0.5) is 4.79 Å². The number of carbonyl (C=O) groups is 2. The summed E-state index contributed by atoms with van der Waals surface area (Å²) >= 11 is 0. The van der Waals surface area contributed by atoms with Gasteiger partial charge in [0.05, 0.1) is 19.8 Å². The van der Waals surface area contributed by atoms with Crippen molar-refractivity contribution in [2.75, 3.05) is 33.5 Å². The molecule has 2 aromatic rings. The Bertz CT molecular complexity index is 1040. The van der Waals surface area contributed by atoms with Crippen molar-refractivity contribution in [1.29, 1.82) is 0 Å². The molecule has 0 bridgehead atoms. The van der Waals surface area contributed by atoms with E-state index in [4.69, 9.17) is 18.6 Å². The molecule has 1 unspecified atom stereocenters. The van der Waals surface area contributed by atoms with Crippen LogP contribution in [0.2, 0.25) is 5.04 Å². The summed E-state index contributed by atoms with van der Waals surface area (Å²) in [5.74, 6) is -0.333. The van der Waals surface area contributed by atoms with Crippen LogP contribution in [0.15, 0.2) is 60.7 Å². The van der Waals surface area contributed by atoms with E-state index in [0.29, 0.717) is 6.61 Å². The Hall–Kier alpha value is -2.60. The third kappa shape index (κ3) is 5.56. The predicted octanol–water partition coefficient (Wildman–Crippen LogP) is 1.62. The quantitative estimate of drug-likeness (QED) is 0.347. The number of aliphatic hydroxyl groups excluding tert-OH is 1. The van der Waals surface area contributed by atoms with Crippen molar-refractivity contribution in [3.63, 3.8) is 0 Å². The summed E-state index contributed by atoms with van der Waals surface area (Å²) in [6.45, 7) is 6.96. The highest BCUT2D eigenvalue weighted by molar-refractivity contribution is 6.99. The third-order valence-electron chi connectivity index (χ3n) is 7.19. The first-order chi connectivity index (χ1) is 18.2. The molecule has 2 heterocycles. The summed E-state index contributed by atoms with van der Waals surface area (Å²) in [4.78, 5) is 26.1. The Morgan fingerprint density at radius 3 is 2.11 bits per heavy atom. The Morgan fingerprint density at radius 1 is 1.00 bits per heavy atom. The number of methoxy groups -OCH3 is 1. The van der Waals surface area contributed by atoms with Crippen molar-refractivity contribution in [3.8, 4) is 0 Å². The van der Waals surface area contributed by atoms with Gasteiger partial charge in [-0.3, -0.25) is 15.0 Å². The summed E-state index contributed by atoms with van der Waals surface area (Å²) in [5.41, 5.74) is 0. The number of amides is 3.